The largest absolute Gasteiger partial charge is 0.394 e. The van der Waals surface area contributed by atoms with Crippen LogP contribution in [0.3, 0.4) is 0 Å². The van der Waals surface area contributed by atoms with Crippen LogP contribution in [0.25, 0.3) is 0 Å². The van der Waals surface area contributed by atoms with Crippen LogP contribution in [-0.2, 0) is 0 Å². The molecule has 1 unspecified atom stereocenters. The second-order valence-corrected chi connectivity index (χ2v) is 5.90. The van der Waals surface area contributed by atoms with Crippen LogP contribution in [0.5, 0.6) is 0 Å². The van der Waals surface area contributed by atoms with Crippen LogP contribution in [0.2, 0.25) is 0 Å². The van der Waals surface area contributed by atoms with Gasteiger partial charge in [0.05, 0.1) is 12.1 Å². The van der Waals surface area contributed by atoms with Crippen LogP contribution in [0.1, 0.15) is 58.2 Å². The quantitative estimate of drug-likeness (QED) is 0.682. The Morgan fingerprint density at radius 3 is 2.55 bits per heavy atom. The minimum Gasteiger partial charge on any atom is -0.394 e. The van der Waals surface area contributed by atoms with E-state index in [1.54, 1.807) is 0 Å². The molecule has 1 heterocycles. The summed E-state index contributed by atoms with van der Waals surface area (Å²) in [6.45, 7) is 7.19. The molecule has 5 heteroatoms. The van der Waals surface area contributed by atoms with Gasteiger partial charge in [0.2, 0.25) is 0 Å². The smallest absolute Gasteiger partial charge is 0.136 e. The topological polar surface area (TPSA) is 70.1 Å². The fourth-order valence-corrected chi connectivity index (χ4v) is 1.95. The summed E-state index contributed by atoms with van der Waals surface area (Å²) in [5, 5.41) is 16.2. The van der Waals surface area contributed by atoms with Crippen molar-refractivity contribution in [1.82, 2.24) is 9.97 Å². The summed E-state index contributed by atoms with van der Waals surface area (Å²) in [5.74, 6) is 3.12. The molecular formula is C15H26N4O. The third-order valence-corrected chi connectivity index (χ3v) is 3.80. The summed E-state index contributed by atoms with van der Waals surface area (Å²) in [7, 11) is 0. The molecular weight excluding hydrogens is 252 g/mol. The van der Waals surface area contributed by atoms with E-state index in [0.29, 0.717) is 5.92 Å². The van der Waals surface area contributed by atoms with Crippen LogP contribution < -0.4 is 10.6 Å². The summed E-state index contributed by atoms with van der Waals surface area (Å²) in [4.78, 5) is 9.20. The first-order valence-corrected chi connectivity index (χ1v) is 7.62. The van der Waals surface area contributed by atoms with Crippen molar-refractivity contribution >= 4 is 11.6 Å². The predicted molar refractivity (Wildman–Crippen MR) is 82.2 cm³/mol. The van der Waals surface area contributed by atoms with E-state index in [1.807, 2.05) is 13.0 Å². The monoisotopic (exact) mass is 278 g/mol. The normalized spacial score (nSPS) is 17.6. The van der Waals surface area contributed by atoms with Gasteiger partial charge in [-0.25, -0.2) is 9.97 Å². The Bertz CT molecular complexity index is 441. The number of rotatable bonds is 8. The third-order valence-electron chi connectivity index (χ3n) is 3.80. The highest BCUT2D eigenvalue weighted by Crippen LogP contribution is 2.39. The summed E-state index contributed by atoms with van der Waals surface area (Å²) in [5.41, 5.74) is -0.336. The van der Waals surface area contributed by atoms with Crippen molar-refractivity contribution in [3.05, 3.63) is 11.9 Å². The van der Waals surface area contributed by atoms with Crippen molar-refractivity contribution in [1.29, 1.82) is 0 Å². The van der Waals surface area contributed by atoms with Gasteiger partial charge >= 0.3 is 0 Å². The van der Waals surface area contributed by atoms with Gasteiger partial charge in [-0.05, 0) is 32.6 Å². The number of nitrogens with one attached hydrogen (secondary N) is 2. The lowest BCUT2D eigenvalue weighted by Crippen LogP contribution is -2.38. The standard InChI is InChI=1S/C15H26N4O/c1-4-8-16-12-9-13(19-15(3,5-2)10-20)18-14(17-12)11-6-7-11/h9,11,20H,4-8,10H2,1-3H3,(H2,16,17,18,19). The Morgan fingerprint density at radius 1 is 1.30 bits per heavy atom. The van der Waals surface area contributed by atoms with E-state index < -0.39 is 0 Å². The molecule has 0 spiro atoms. The molecule has 3 N–H and O–H groups in total. The Morgan fingerprint density at radius 2 is 2.00 bits per heavy atom. The van der Waals surface area contributed by atoms with Crippen LogP contribution in [-0.4, -0.2) is 33.8 Å². The van der Waals surface area contributed by atoms with Crippen LogP contribution in [0, 0.1) is 0 Å². The molecule has 1 fully saturated rings. The van der Waals surface area contributed by atoms with Gasteiger partial charge in [-0.2, -0.15) is 0 Å². The van der Waals surface area contributed by atoms with E-state index in [0.717, 1.165) is 36.8 Å². The van der Waals surface area contributed by atoms with Gasteiger partial charge in [0, 0.05) is 18.5 Å². The second-order valence-electron chi connectivity index (χ2n) is 5.90. The average Bonchev–Trinajstić information content (AvgIpc) is 3.29. The lowest BCUT2D eigenvalue weighted by molar-refractivity contribution is 0.218. The fraction of sp³-hybridized carbons (Fsp3) is 0.733. The molecule has 0 aromatic carbocycles. The van der Waals surface area contributed by atoms with Crippen LogP contribution in [0.15, 0.2) is 6.07 Å². The van der Waals surface area contributed by atoms with Crippen LogP contribution in [0.4, 0.5) is 11.6 Å². The zero-order valence-electron chi connectivity index (χ0n) is 12.7. The molecule has 20 heavy (non-hydrogen) atoms. The third kappa shape index (κ3) is 3.82. The number of nitrogens with zero attached hydrogens (tertiary/aromatic N) is 2. The van der Waals surface area contributed by atoms with E-state index in [2.05, 4.69) is 34.4 Å². The van der Waals surface area contributed by atoms with E-state index in [-0.39, 0.29) is 12.1 Å². The average molecular weight is 278 g/mol. The fourth-order valence-electron chi connectivity index (χ4n) is 1.95. The Balaban J connectivity index is 2.19. The molecule has 1 aromatic heterocycles. The summed E-state index contributed by atoms with van der Waals surface area (Å²) in [6.07, 6.45) is 4.27. The van der Waals surface area contributed by atoms with Crippen LogP contribution >= 0.6 is 0 Å². The van der Waals surface area contributed by atoms with Gasteiger partial charge in [-0.3, -0.25) is 0 Å². The molecule has 1 aromatic rings. The van der Waals surface area contributed by atoms with E-state index >= 15 is 0 Å². The van der Waals surface area contributed by atoms with Crippen molar-refractivity contribution < 1.29 is 5.11 Å². The number of hydrogen-bond acceptors (Lipinski definition) is 5. The molecule has 5 nitrogen and oxygen atoms in total. The number of aliphatic hydroxyl groups is 1. The number of hydrogen-bond donors (Lipinski definition) is 3. The van der Waals surface area contributed by atoms with E-state index in [4.69, 9.17) is 0 Å². The first-order valence-electron chi connectivity index (χ1n) is 7.62. The van der Waals surface area contributed by atoms with E-state index in [9.17, 15) is 5.11 Å². The van der Waals surface area contributed by atoms with Crippen molar-refractivity contribution in [3.8, 4) is 0 Å². The molecule has 0 aliphatic heterocycles. The summed E-state index contributed by atoms with van der Waals surface area (Å²) in [6, 6.07) is 1.94. The molecule has 0 amide bonds. The van der Waals surface area contributed by atoms with Gasteiger partial charge in [0.25, 0.3) is 0 Å². The molecule has 112 valence electrons. The van der Waals surface area contributed by atoms with Gasteiger partial charge in [0.15, 0.2) is 0 Å². The molecule has 2 rings (SSSR count). The van der Waals surface area contributed by atoms with Gasteiger partial charge < -0.3 is 15.7 Å². The summed E-state index contributed by atoms with van der Waals surface area (Å²) >= 11 is 0. The minimum atomic E-state index is -0.336. The predicted octanol–water partition coefficient (Wildman–Crippen LogP) is 2.75. The highest BCUT2D eigenvalue weighted by atomic mass is 16.3. The molecule has 1 aliphatic carbocycles. The highest BCUT2D eigenvalue weighted by molar-refractivity contribution is 5.49. The highest BCUT2D eigenvalue weighted by Gasteiger charge is 2.28. The first-order chi connectivity index (χ1) is 9.60. The van der Waals surface area contributed by atoms with Crippen molar-refractivity contribution in [2.24, 2.45) is 0 Å². The van der Waals surface area contributed by atoms with Gasteiger partial charge in [-0.15, -0.1) is 0 Å². The molecule has 1 aliphatic rings. The molecule has 0 saturated heterocycles. The maximum Gasteiger partial charge on any atom is 0.136 e. The molecule has 1 atom stereocenters. The lowest BCUT2D eigenvalue weighted by atomic mass is 10.0. The molecule has 0 bridgehead atoms. The maximum atomic E-state index is 9.53. The molecule has 1 saturated carbocycles. The van der Waals surface area contributed by atoms with Crippen molar-refractivity contribution in [2.75, 3.05) is 23.8 Å². The van der Waals surface area contributed by atoms with E-state index in [1.165, 1.54) is 12.8 Å². The number of aliphatic hydroxyl groups excluding tert-OH is 1. The zero-order chi connectivity index (χ0) is 14.6. The SMILES string of the molecule is CCCNc1cc(NC(C)(CC)CO)nc(C2CC2)n1. The lowest BCUT2D eigenvalue weighted by Gasteiger charge is -2.28. The first kappa shape index (κ1) is 15.0. The molecule has 0 radical (unpaired) electrons. The van der Waals surface area contributed by atoms with Gasteiger partial charge in [0.1, 0.15) is 17.5 Å². The second kappa shape index (κ2) is 6.39. The number of anilines is 2. The summed E-state index contributed by atoms with van der Waals surface area (Å²) < 4.78 is 0. The van der Waals surface area contributed by atoms with Gasteiger partial charge in [-0.1, -0.05) is 13.8 Å². The van der Waals surface area contributed by atoms with Crippen molar-refractivity contribution in [3.63, 3.8) is 0 Å². The maximum absolute atomic E-state index is 9.53. The zero-order valence-corrected chi connectivity index (χ0v) is 12.7. The Kier molecular flexibility index (Phi) is 4.81. The number of aromatic nitrogens is 2. The van der Waals surface area contributed by atoms with Crippen molar-refractivity contribution in [2.45, 2.75) is 57.9 Å². The Labute approximate surface area is 121 Å². The minimum absolute atomic E-state index is 0.0873. The Hall–Kier alpha value is -1.36.